The van der Waals surface area contributed by atoms with E-state index in [2.05, 4.69) is 14.8 Å². The van der Waals surface area contributed by atoms with Crippen molar-refractivity contribution >= 4 is 38.9 Å². The van der Waals surface area contributed by atoms with Gasteiger partial charge in [0.1, 0.15) is 0 Å². The number of alkyl halides is 2. The maximum atomic E-state index is 13.1. The van der Waals surface area contributed by atoms with Gasteiger partial charge in [0.2, 0.25) is 10.0 Å². The van der Waals surface area contributed by atoms with Crippen molar-refractivity contribution in [3.05, 3.63) is 51.3 Å². The lowest BCUT2D eigenvalue weighted by molar-refractivity contribution is -0.0637. The van der Waals surface area contributed by atoms with Crippen LogP contribution in [0.5, 0.6) is 11.5 Å². The van der Waals surface area contributed by atoms with Crippen LogP contribution in [0.4, 0.5) is 8.78 Å². The Labute approximate surface area is 199 Å². The lowest BCUT2D eigenvalue weighted by Gasteiger charge is -2.29. The molecule has 0 bridgehead atoms. The molecule has 3 heterocycles. The second kappa shape index (κ2) is 9.57. The highest BCUT2D eigenvalue weighted by Crippen LogP contribution is 2.40. The molecule has 4 rings (SSSR count). The van der Waals surface area contributed by atoms with Crippen LogP contribution in [0.1, 0.15) is 29.5 Å². The number of ether oxygens (including phenoxy) is 3. The summed E-state index contributed by atoms with van der Waals surface area (Å²) in [6, 6.07) is 2.85. The third-order valence-corrected chi connectivity index (χ3v) is 6.72. The van der Waals surface area contributed by atoms with Crippen molar-refractivity contribution in [2.75, 3.05) is 12.9 Å². The standard InChI is InChI=1S/C20H19Cl2F2N3O5S/c1-33(28,29)27-10-13-11(16(26-27)7-12-14(21)8-25-9-15(12)22)4-5-17(31-20(23)24)19(13)32-18-3-2-6-30-18/h4-5,8-9,18,20H,2-3,6-7,10H2,1H3. The second-order valence-electron chi connectivity index (χ2n) is 7.41. The van der Waals surface area contributed by atoms with Crippen LogP contribution in [-0.4, -0.2) is 49.3 Å². The minimum atomic E-state index is -3.80. The Balaban J connectivity index is 1.84. The van der Waals surface area contributed by atoms with E-state index >= 15 is 0 Å². The summed E-state index contributed by atoms with van der Waals surface area (Å²) in [5.74, 6) is -0.249. The molecule has 178 valence electrons. The zero-order chi connectivity index (χ0) is 23.8. The summed E-state index contributed by atoms with van der Waals surface area (Å²) in [6.07, 6.45) is 4.50. The lowest BCUT2D eigenvalue weighted by Crippen LogP contribution is -2.32. The van der Waals surface area contributed by atoms with Crippen LogP contribution < -0.4 is 9.47 Å². The monoisotopic (exact) mass is 521 g/mol. The van der Waals surface area contributed by atoms with Gasteiger partial charge >= 0.3 is 6.61 Å². The highest BCUT2D eigenvalue weighted by Gasteiger charge is 2.32. The summed E-state index contributed by atoms with van der Waals surface area (Å²) in [7, 11) is -3.80. The number of sulfonamides is 1. The van der Waals surface area contributed by atoms with Gasteiger partial charge in [-0.25, -0.2) is 8.42 Å². The number of fused-ring (bicyclic) bond motifs is 1. The summed E-state index contributed by atoms with van der Waals surface area (Å²) >= 11 is 12.5. The van der Waals surface area contributed by atoms with Crippen LogP contribution >= 0.6 is 23.2 Å². The molecule has 2 aromatic rings. The molecule has 0 spiro atoms. The molecule has 1 unspecified atom stereocenters. The predicted molar refractivity (Wildman–Crippen MR) is 118 cm³/mol. The number of rotatable bonds is 7. The number of hydrazone groups is 1. The Morgan fingerprint density at radius 1 is 1.27 bits per heavy atom. The first-order valence-electron chi connectivity index (χ1n) is 9.86. The van der Waals surface area contributed by atoms with Gasteiger partial charge in [-0.05, 0) is 24.1 Å². The van der Waals surface area contributed by atoms with Crippen molar-refractivity contribution in [2.24, 2.45) is 5.10 Å². The van der Waals surface area contributed by atoms with E-state index in [1.165, 1.54) is 24.5 Å². The van der Waals surface area contributed by atoms with Crippen molar-refractivity contribution in [3.8, 4) is 11.5 Å². The minimum absolute atomic E-state index is 0.0207. The minimum Gasteiger partial charge on any atom is -0.461 e. The maximum absolute atomic E-state index is 13.1. The molecule has 0 radical (unpaired) electrons. The van der Waals surface area contributed by atoms with Crippen LogP contribution in [0.2, 0.25) is 10.0 Å². The summed E-state index contributed by atoms with van der Waals surface area (Å²) in [6.45, 7) is -2.88. The van der Waals surface area contributed by atoms with Crippen LogP contribution in [0.15, 0.2) is 29.6 Å². The zero-order valence-electron chi connectivity index (χ0n) is 17.3. The first kappa shape index (κ1) is 23.9. The van der Waals surface area contributed by atoms with Crippen molar-refractivity contribution in [1.29, 1.82) is 0 Å². The van der Waals surface area contributed by atoms with Gasteiger partial charge in [-0.1, -0.05) is 23.2 Å². The average molecular weight is 522 g/mol. The van der Waals surface area contributed by atoms with Gasteiger partial charge in [0, 0.05) is 36.4 Å². The fourth-order valence-corrected chi connectivity index (χ4v) is 4.69. The van der Waals surface area contributed by atoms with E-state index in [4.69, 9.17) is 32.7 Å². The number of hydrogen-bond acceptors (Lipinski definition) is 7. The molecule has 1 aromatic carbocycles. The SMILES string of the molecule is CS(=O)(=O)N1Cc2c(ccc(OC(F)F)c2OC2CCCO2)C(Cc2c(Cl)cncc2Cl)=N1. The van der Waals surface area contributed by atoms with E-state index in [0.29, 0.717) is 35.4 Å². The van der Waals surface area contributed by atoms with Gasteiger partial charge in [-0.2, -0.15) is 18.3 Å². The number of nitrogens with zero attached hydrogens (tertiary/aromatic N) is 3. The average Bonchev–Trinajstić information content (AvgIpc) is 3.24. The Kier molecular flexibility index (Phi) is 6.94. The number of pyridine rings is 1. The van der Waals surface area contributed by atoms with Crippen molar-refractivity contribution < 1.29 is 31.4 Å². The zero-order valence-corrected chi connectivity index (χ0v) is 19.6. The number of benzene rings is 1. The molecule has 0 N–H and O–H groups in total. The Bertz CT molecular complexity index is 1170. The predicted octanol–water partition coefficient (Wildman–Crippen LogP) is 4.23. The molecule has 0 saturated carbocycles. The smallest absolute Gasteiger partial charge is 0.387 e. The molecular formula is C20H19Cl2F2N3O5S. The van der Waals surface area contributed by atoms with E-state index in [1.54, 1.807) is 0 Å². The van der Waals surface area contributed by atoms with Gasteiger partial charge < -0.3 is 14.2 Å². The molecule has 2 aliphatic heterocycles. The number of aromatic nitrogens is 1. The highest BCUT2D eigenvalue weighted by molar-refractivity contribution is 7.88. The largest absolute Gasteiger partial charge is 0.461 e. The van der Waals surface area contributed by atoms with E-state index in [1.807, 2.05) is 0 Å². The quantitative estimate of drug-likeness (QED) is 0.541. The Morgan fingerprint density at radius 2 is 2.00 bits per heavy atom. The van der Waals surface area contributed by atoms with Crippen LogP contribution in [0, 0.1) is 0 Å². The Morgan fingerprint density at radius 3 is 2.61 bits per heavy atom. The molecule has 0 amide bonds. The number of halogens is 4. The second-order valence-corrected chi connectivity index (χ2v) is 10.1. The topological polar surface area (TPSA) is 90.3 Å². The molecule has 1 fully saturated rings. The van der Waals surface area contributed by atoms with E-state index in [0.717, 1.165) is 17.1 Å². The van der Waals surface area contributed by atoms with Crippen LogP contribution in [0.3, 0.4) is 0 Å². The molecule has 1 aromatic heterocycles. The van der Waals surface area contributed by atoms with Crippen LogP contribution in [-0.2, 0) is 27.7 Å². The van der Waals surface area contributed by atoms with Crippen molar-refractivity contribution in [2.45, 2.75) is 38.7 Å². The molecule has 1 atom stereocenters. The fraction of sp³-hybridized carbons (Fsp3) is 0.400. The highest BCUT2D eigenvalue weighted by atomic mass is 35.5. The fourth-order valence-electron chi connectivity index (χ4n) is 3.58. The molecule has 0 aliphatic carbocycles. The van der Waals surface area contributed by atoms with E-state index < -0.39 is 22.9 Å². The van der Waals surface area contributed by atoms with Gasteiger partial charge in [0.15, 0.2) is 17.8 Å². The first-order valence-corrected chi connectivity index (χ1v) is 12.5. The summed E-state index contributed by atoms with van der Waals surface area (Å²) in [5, 5.41) is 4.83. The Hall–Kier alpha value is -2.21. The van der Waals surface area contributed by atoms with Gasteiger partial charge in [-0.15, -0.1) is 0 Å². The van der Waals surface area contributed by atoms with Gasteiger partial charge in [0.05, 0.1) is 35.2 Å². The molecular weight excluding hydrogens is 503 g/mol. The van der Waals surface area contributed by atoms with Crippen molar-refractivity contribution in [1.82, 2.24) is 9.40 Å². The summed E-state index contributed by atoms with van der Waals surface area (Å²) in [4.78, 5) is 3.92. The lowest BCUT2D eigenvalue weighted by atomic mass is 9.95. The summed E-state index contributed by atoms with van der Waals surface area (Å²) < 4.78 is 67.9. The summed E-state index contributed by atoms with van der Waals surface area (Å²) in [5.41, 5.74) is 1.61. The van der Waals surface area contributed by atoms with Gasteiger partial charge in [0.25, 0.3) is 0 Å². The third kappa shape index (κ3) is 5.32. The molecule has 33 heavy (non-hydrogen) atoms. The number of hydrogen-bond donors (Lipinski definition) is 0. The normalized spacial score (nSPS) is 18.3. The molecule has 2 aliphatic rings. The first-order chi connectivity index (χ1) is 15.6. The van der Waals surface area contributed by atoms with Crippen LogP contribution in [0.25, 0.3) is 0 Å². The molecule has 1 saturated heterocycles. The van der Waals surface area contributed by atoms with Crippen molar-refractivity contribution in [3.63, 3.8) is 0 Å². The molecule has 13 heteroatoms. The molecule has 8 nitrogen and oxygen atoms in total. The van der Waals surface area contributed by atoms with E-state index in [9.17, 15) is 17.2 Å². The third-order valence-electron chi connectivity index (χ3n) is 5.09. The van der Waals surface area contributed by atoms with Gasteiger partial charge in [-0.3, -0.25) is 4.98 Å². The maximum Gasteiger partial charge on any atom is 0.387 e. The van der Waals surface area contributed by atoms with E-state index in [-0.39, 0.29) is 34.5 Å².